The summed E-state index contributed by atoms with van der Waals surface area (Å²) in [5.74, 6) is 0.227. The molecule has 0 saturated carbocycles. The molecule has 0 aromatic rings. The molecule has 1 aliphatic carbocycles. The molecular weight excluding hydrogens is 366 g/mol. The van der Waals surface area contributed by atoms with Gasteiger partial charge in [0.2, 0.25) is 5.91 Å². The van der Waals surface area contributed by atoms with Crippen LogP contribution in [0.2, 0.25) is 18.1 Å². The molecule has 0 radical (unpaired) electrons. The molecule has 1 aliphatic heterocycles. The molecule has 0 unspecified atom stereocenters. The summed E-state index contributed by atoms with van der Waals surface area (Å²) in [6.45, 7) is 17.7. The predicted octanol–water partition coefficient (Wildman–Crippen LogP) is 5.32. The first kappa shape index (κ1) is 23.4. The Balaban J connectivity index is 2.14. The maximum atomic E-state index is 13.6. The van der Waals surface area contributed by atoms with Crippen LogP contribution in [0.25, 0.3) is 0 Å². The summed E-state index contributed by atoms with van der Waals surface area (Å²) >= 11 is 0. The number of hydrogen-bond acceptors (Lipinski definition) is 3. The lowest BCUT2D eigenvalue weighted by Crippen LogP contribution is -2.47. The lowest BCUT2D eigenvalue weighted by Gasteiger charge is -2.39. The molecule has 1 heterocycles. The van der Waals surface area contributed by atoms with E-state index < -0.39 is 13.7 Å². The Labute approximate surface area is 173 Å². The number of allylic oxidation sites excluding steroid dienone is 2. The molecule has 2 rings (SSSR count). The third-order valence-electron chi connectivity index (χ3n) is 6.95. The Morgan fingerprint density at radius 2 is 2.04 bits per heavy atom. The maximum absolute atomic E-state index is 13.6. The van der Waals surface area contributed by atoms with Crippen LogP contribution in [-0.4, -0.2) is 52.0 Å². The van der Waals surface area contributed by atoms with Gasteiger partial charge in [-0.05, 0) is 57.7 Å². The van der Waals surface area contributed by atoms with Crippen LogP contribution in [0.1, 0.15) is 60.3 Å². The van der Waals surface area contributed by atoms with Crippen LogP contribution in [0.15, 0.2) is 23.3 Å². The predicted molar refractivity (Wildman–Crippen MR) is 119 cm³/mol. The van der Waals surface area contributed by atoms with Crippen LogP contribution >= 0.6 is 0 Å². The first-order valence-corrected chi connectivity index (χ1v) is 13.6. The van der Waals surface area contributed by atoms with E-state index in [1.807, 2.05) is 0 Å². The first-order valence-electron chi connectivity index (χ1n) is 10.7. The Morgan fingerprint density at radius 1 is 1.36 bits per heavy atom. The van der Waals surface area contributed by atoms with Gasteiger partial charge in [0.25, 0.3) is 0 Å². The highest BCUT2D eigenvalue weighted by atomic mass is 28.4. The summed E-state index contributed by atoms with van der Waals surface area (Å²) in [5, 5.41) is 0.201. The molecule has 4 nitrogen and oxygen atoms in total. The molecule has 28 heavy (non-hydrogen) atoms. The van der Waals surface area contributed by atoms with Crippen molar-refractivity contribution >= 4 is 14.2 Å². The van der Waals surface area contributed by atoms with Gasteiger partial charge in [-0.2, -0.15) is 0 Å². The molecule has 1 saturated heterocycles. The van der Waals surface area contributed by atoms with Gasteiger partial charge in [-0.25, -0.2) is 0 Å². The average Bonchev–Trinajstić information content (AvgIpc) is 3.03. The molecule has 5 heteroatoms. The second-order valence-corrected chi connectivity index (χ2v) is 15.0. The van der Waals surface area contributed by atoms with Crippen LogP contribution in [0.4, 0.5) is 0 Å². The second kappa shape index (κ2) is 8.84. The third-order valence-corrected chi connectivity index (χ3v) is 11.5. The largest absolute Gasteiger partial charge is 0.417 e. The molecule has 160 valence electrons. The summed E-state index contributed by atoms with van der Waals surface area (Å²) in [5.41, 5.74) is 1.92. The summed E-state index contributed by atoms with van der Waals surface area (Å²) < 4.78 is 11.8. The van der Waals surface area contributed by atoms with Crippen molar-refractivity contribution in [3.8, 4) is 0 Å². The van der Waals surface area contributed by atoms with E-state index in [9.17, 15) is 4.79 Å². The van der Waals surface area contributed by atoms with E-state index in [-0.39, 0.29) is 17.0 Å². The van der Waals surface area contributed by atoms with Crippen molar-refractivity contribution in [2.24, 2.45) is 5.41 Å². The van der Waals surface area contributed by atoms with Crippen molar-refractivity contribution in [1.29, 1.82) is 0 Å². The number of carbonyl (C=O) groups is 1. The molecule has 0 aromatic carbocycles. The van der Waals surface area contributed by atoms with E-state index in [0.717, 1.165) is 32.2 Å². The quantitative estimate of drug-likeness (QED) is 0.423. The highest BCUT2D eigenvalue weighted by molar-refractivity contribution is 6.74. The number of carbonyl (C=O) groups excluding carboxylic acids is 1. The molecule has 2 aliphatic rings. The highest BCUT2D eigenvalue weighted by Crippen LogP contribution is 2.41. The molecule has 0 spiro atoms. The standard InChI is InChI=1S/C23H41NO3Si/c1-18-11-12-19(13-15-27-28(7,8)22(2,3)4)23(5,16-18)21(25)24-14-9-10-20(24)17-26-6/h12,16,20H,9-11,13-15,17H2,1-8H3/t20-,23-/m0/s1. The van der Waals surface area contributed by atoms with E-state index in [0.29, 0.717) is 13.2 Å². The zero-order chi connectivity index (χ0) is 21.2. The second-order valence-electron chi connectivity index (χ2n) is 10.2. The van der Waals surface area contributed by atoms with Gasteiger partial charge in [0, 0.05) is 20.3 Å². The fourth-order valence-corrected chi connectivity index (χ4v) is 5.15. The Kier molecular flexibility index (Phi) is 7.38. The molecule has 1 fully saturated rings. The van der Waals surface area contributed by atoms with Crippen molar-refractivity contribution in [1.82, 2.24) is 4.90 Å². The molecule has 0 aromatic heterocycles. The fraction of sp³-hybridized carbons (Fsp3) is 0.783. The topological polar surface area (TPSA) is 38.8 Å². The van der Waals surface area contributed by atoms with Crippen molar-refractivity contribution in [3.63, 3.8) is 0 Å². The molecular formula is C23H41NO3Si. The number of hydrogen-bond donors (Lipinski definition) is 0. The van der Waals surface area contributed by atoms with Gasteiger partial charge in [0.05, 0.1) is 18.1 Å². The smallest absolute Gasteiger partial charge is 0.236 e. The van der Waals surface area contributed by atoms with E-state index in [1.165, 1.54) is 11.1 Å². The number of rotatable bonds is 7. The number of likely N-dealkylation sites (tertiary alicyclic amines) is 1. The SMILES string of the molecule is COC[C@@H]1CCCN1C(=O)[C@@]1(C)C=C(C)CC=C1CCO[Si](C)(C)C(C)(C)C. The van der Waals surface area contributed by atoms with Crippen LogP contribution in [0.3, 0.4) is 0 Å². The van der Waals surface area contributed by atoms with Gasteiger partial charge in [0.1, 0.15) is 0 Å². The number of ether oxygens (including phenoxy) is 1. The molecule has 1 amide bonds. The van der Waals surface area contributed by atoms with Crippen LogP contribution in [0.5, 0.6) is 0 Å². The van der Waals surface area contributed by atoms with Crippen LogP contribution < -0.4 is 0 Å². The lowest BCUT2D eigenvalue weighted by molar-refractivity contribution is -0.139. The number of nitrogens with zero attached hydrogens (tertiary/aromatic N) is 1. The van der Waals surface area contributed by atoms with Gasteiger partial charge in [-0.1, -0.05) is 44.1 Å². The van der Waals surface area contributed by atoms with Crippen molar-refractivity contribution < 1.29 is 14.0 Å². The van der Waals surface area contributed by atoms with E-state index >= 15 is 0 Å². The number of methoxy groups -OCH3 is 1. The van der Waals surface area contributed by atoms with Crippen LogP contribution in [-0.2, 0) is 14.0 Å². The highest BCUT2D eigenvalue weighted by Gasteiger charge is 2.43. The lowest BCUT2D eigenvalue weighted by atomic mass is 9.74. The van der Waals surface area contributed by atoms with Crippen LogP contribution in [0, 0.1) is 5.41 Å². The fourth-order valence-electron chi connectivity index (χ4n) is 4.10. The zero-order valence-electron chi connectivity index (χ0n) is 19.4. The van der Waals surface area contributed by atoms with Gasteiger partial charge in [0.15, 0.2) is 8.32 Å². The molecule has 2 atom stereocenters. The first-order chi connectivity index (χ1) is 12.9. The van der Waals surface area contributed by atoms with Gasteiger partial charge < -0.3 is 14.1 Å². The van der Waals surface area contributed by atoms with E-state index in [1.54, 1.807) is 7.11 Å². The molecule has 0 N–H and O–H groups in total. The van der Waals surface area contributed by atoms with Crippen molar-refractivity contribution in [2.45, 2.75) is 84.5 Å². The zero-order valence-corrected chi connectivity index (χ0v) is 20.4. The van der Waals surface area contributed by atoms with Gasteiger partial charge >= 0.3 is 0 Å². The Hall–Kier alpha value is -0.913. The van der Waals surface area contributed by atoms with E-state index in [4.69, 9.17) is 9.16 Å². The summed E-state index contributed by atoms with van der Waals surface area (Å²) in [7, 11) is -0.0592. The average molecular weight is 408 g/mol. The summed E-state index contributed by atoms with van der Waals surface area (Å²) in [6.07, 6.45) is 8.31. The summed E-state index contributed by atoms with van der Waals surface area (Å²) in [4.78, 5) is 15.7. The van der Waals surface area contributed by atoms with Crippen molar-refractivity contribution in [3.05, 3.63) is 23.3 Å². The summed E-state index contributed by atoms with van der Waals surface area (Å²) in [6, 6.07) is 0.203. The van der Waals surface area contributed by atoms with E-state index in [2.05, 4.69) is 64.8 Å². The Bertz CT molecular complexity index is 632. The minimum atomic E-state index is -1.78. The van der Waals surface area contributed by atoms with Crippen molar-refractivity contribution in [2.75, 3.05) is 26.9 Å². The third kappa shape index (κ3) is 4.98. The monoisotopic (exact) mass is 407 g/mol. The number of amides is 1. The minimum Gasteiger partial charge on any atom is -0.417 e. The normalized spacial score (nSPS) is 26.3. The van der Waals surface area contributed by atoms with Gasteiger partial charge in [-0.15, -0.1) is 0 Å². The van der Waals surface area contributed by atoms with Gasteiger partial charge in [-0.3, -0.25) is 4.79 Å². The Morgan fingerprint density at radius 3 is 2.64 bits per heavy atom. The maximum Gasteiger partial charge on any atom is 0.236 e. The molecule has 0 bridgehead atoms. The minimum absolute atomic E-state index is 0.201.